The smallest absolute Gasteiger partial charge is 0.202 e. The molecule has 22 heavy (non-hydrogen) atoms. The summed E-state index contributed by atoms with van der Waals surface area (Å²) in [6, 6.07) is 13.9. The van der Waals surface area contributed by atoms with Crippen molar-refractivity contribution in [3.05, 3.63) is 58.1 Å². The highest BCUT2D eigenvalue weighted by molar-refractivity contribution is 9.10. The molecular formula is C17H14BrNO3. The number of hydrogen-bond donors (Lipinski definition) is 0. The van der Waals surface area contributed by atoms with E-state index in [4.69, 9.17) is 14.7 Å². The monoisotopic (exact) mass is 359 g/mol. The van der Waals surface area contributed by atoms with E-state index in [1.165, 1.54) is 7.11 Å². The Morgan fingerprint density at radius 1 is 1.18 bits per heavy atom. The zero-order valence-electron chi connectivity index (χ0n) is 12.2. The molecule has 5 heteroatoms. The fourth-order valence-corrected chi connectivity index (χ4v) is 2.19. The second-order valence-corrected chi connectivity index (χ2v) is 5.52. The van der Waals surface area contributed by atoms with Gasteiger partial charge in [-0.2, -0.15) is 5.26 Å². The van der Waals surface area contributed by atoms with Gasteiger partial charge in [-0.15, -0.1) is 0 Å². The molecule has 0 aliphatic heterocycles. The predicted octanol–water partition coefficient (Wildman–Crippen LogP) is 3.98. The number of methoxy groups -OCH3 is 1. The number of nitrogens with zero attached hydrogens (tertiary/aromatic N) is 1. The van der Waals surface area contributed by atoms with E-state index in [2.05, 4.69) is 15.9 Å². The van der Waals surface area contributed by atoms with Gasteiger partial charge in [0.15, 0.2) is 17.6 Å². The fraction of sp³-hybridized carbons (Fsp3) is 0.176. The van der Waals surface area contributed by atoms with Crippen molar-refractivity contribution in [1.29, 1.82) is 5.26 Å². The minimum atomic E-state index is -0.664. The number of nitriles is 1. The molecule has 0 aromatic heterocycles. The molecule has 0 bridgehead atoms. The van der Waals surface area contributed by atoms with Gasteiger partial charge in [-0.05, 0) is 31.2 Å². The lowest BCUT2D eigenvalue weighted by molar-refractivity contribution is 0.0814. The summed E-state index contributed by atoms with van der Waals surface area (Å²) in [6.07, 6.45) is -0.664. The van der Waals surface area contributed by atoms with Crippen molar-refractivity contribution >= 4 is 21.7 Å². The average molecular weight is 360 g/mol. The number of carbonyl (C=O) groups is 1. The highest BCUT2D eigenvalue weighted by Crippen LogP contribution is 2.29. The van der Waals surface area contributed by atoms with Crippen molar-refractivity contribution in [3.63, 3.8) is 0 Å². The highest BCUT2D eigenvalue weighted by Gasteiger charge is 2.18. The number of Topliss-reactive ketones (excluding diaryl/α,β-unsaturated/α-hetero) is 1. The highest BCUT2D eigenvalue weighted by atomic mass is 79.9. The van der Waals surface area contributed by atoms with Gasteiger partial charge in [-0.3, -0.25) is 4.79 Å². The van der Waals surface area contributed by atoms with Gasteiger partial charge >= 0.3 is 0 Å². The first-order valence-corrected chi connectivity index (χ1v) is 7.39. The van der Waals surface area contributed by atoms with Crippen molar-refractivity contribution in [2.45, 2.75) is 13.0 Å². The third-order valence-electron chi connectivity index (χ3n) is 3.09. The number of hydrogen-bond acceptors (Lipinski definition) is 4. The van der Waals surface area contributed by atoms with Gasteiger partial charge in [0.05, 0.1) is 18.7 Å². The molecular weight excluding hydrogens is 346 g/mol. The molecule has 112 valence electrons. The van der Waals surface area contributed by atoms with Crippen LogP contribution in [-0.4, -0.2) is 19.0 Å². The maximum absolute atomic E-state index is 12.3. The summed E-state index contributed by atoms with van der Waals surface area (Å²) in [6.45, 7) is 1.68. The zero-order valence-corrected chi connectivity index (χ0v) is 13.8. The molecule has 0 saturated carbocycles. The summed E-state index contributed by atoms with van der Waals surface area (Å²) >= 11 is 3.33. The SMILES string of the molecule is COc1cc(C#N)ccc1OC(C)C(=O)c1ccc(Br)cc1. The molecule has 0 amide bonds. The minimum absolute atomic E-state index is 0.126. The molecule has 4 nitrogen and oxygen atoms in total. The largest absolute Gasteiger partial charge is 0.493 e. The Bertz CT molecular complexity index is 720. The molecule has 0 saturated heterocycles. The molecule has 1 atom stereocenters. The van der Waals surface area contributed by atoms with Crippen LogP contribution in [0.2, 0.25) is 0 Å². The van der Waals surface area contributed by atoms with Crippen molar-refractivity contribution in [3.8, 4) is 17.6 Å². The van der Waals surface area contributed by atoms with Gasteiger partial charge in [-0.25, -0.2) is 0 Å². The number of benzene rings is 2. The molecule has 0 radical (unpaired) electrons. The molecule has 2 aromatic carbocycles. The molecule has 0 fully saturated rings. The number of halogens is 1. The van der Waals surface area contributed by atoms with Crippen molar-refractivity contribution in [2.75, 3.05) is 7.11 Å². The van der Waals surface area contributed by atoms with Crippen LogP contribution in [-0.2, 0) is 0 Å². The lowest BCUT2D eigenvalue weighted by Crippen LogP contribution is -2.24. The standard InChI is InChI=1S/C17H14BrNO3/c1-11(17(20)13-4-6-14(18)7-5-13)22-15-8-3-12(10-19)9-16(15)21-2/h3-9,11H,1-2H3. The van der Waals surface area contributed by atoms with E-state index in [1.807, 2.05) is 18.2 Å². The van der Waals surface area contributed by atoms with Crippen LogP contribution in [0.3, 0.4) is 0 Å². The lowest BCUT2D eigenvalue weighted by atomic mass is 10.1. The van der Waals surface area contributed by atoms with E-state index in [1.54, 1.807) is 37.3 Å². The average Bonchev–Trinajstić information content (AvgIpc) is 2.55. The van der Waals surface area contributed by atoms with Crippen molar-refractivity contribution in [2.24, 2.45) is 0 Å². The number of carbonyl (C=O) groups excluding carboxylic acids is 1. The fourth-order valence-electron chi connectivity index (χ4n) is 1.93. The maximum Gasteiger partial charge on any atom is 0.202 e. The van der Waals surface area contributed by atoms with Gasteiger partial charge in [0, 0.05) is 16.1 Å². The molecule has 0 N–H and O–H groups in total. The number of rotatable bonds is 5. The van der Waals surface area contributed by atoms with Gasteiger partial charge < -0.3 is 9.47 Å². The van der Waals surface area contributed by atoms with Crippen molar-refractivity contribution in [1.82, 2.24) is 0 Å². The topological polar surface area (TPSA) is 59.3 Å². The van der Waals surface area contributed by atoms with E-state index in [0.717, 1.165) is 4.47 Å². The van der Waals surface area contributed by atoms with E-state index in [0.29, 0.717) is 22.6 Å². The third kappa shape index (κ3) is 3.66. The second kappa shape index (κ2) is 7.10. The Hall–Kier alpha value is -2.32. The van der Waals surface area contributed by atoms with E-state index in [-0.39, 0.29) is 5.78 Å². The molecule has 2 rings (SSSR count). The predicted molar refractivity (Wildman–Crippen MR) is 86.3 cm³/mol. The van der Waals surface area contributed by atoms with Gasteiger partial charge in [-0.1, -0.05) is 28.1 Å². The molecule has 0 heterocycles. The third-order valence-corrected chi connectivity index (χ3v) is 3.62. The first-order valence-electron chi connectivity index (χ1n) is 6.59. The molecule has 0 aliphatic carbocycles. The number of ketones is 1. The van der Waals surface area contributed by atoms with Crippen LogP contribution in [0, 0.1) is 11.3 Å². The lowest BCUT2D eigenvalue weighted by Gasteiger charge is -2.16. The Morgan fingerprint density at radius 3 is 2.45 bits per heavy atom. The van der Waals surface area contributed by atoms with Crippen LogP contribution in [0.1, 0.15) is 22.8 Å². The van der Waals surface area contributed by atoms with Crippen LogP contribution in [0.4, 0.5) is 0 Å². The molecule has 0 spiro atoms. The van der Waals surface area contributed by atoms with E-state index in [9.17, 15) is 4.79 Å². The van der Waals surface area contributed by atoms with Crippen LogP contribution in [0.5, 0.6) is 11.5 Å². The summed E-state index contributed by atoms with van der Waals surface area (Å²) < 4.78 is 11.8. The summed E-state index contributed by atoms with van der Waals surface area (Å²) in [5, 5.41) is 8.89. The summed E-state index contributed by atoms with van der Waals surface area (Å²) in [7, 11) is 1.49. The zero-order chi connectivity index (χ0) is 16.1. The summed E-state index contributed by atoms with van der Waals surface area (Å²) in [4.78, 5) is 12.3. The number of ether oxygens (including phenoxy) is 2. The van der Waals surface area contributed by atoms with E-state index < -0.39 is 6.10 Å². The molecule has 2 aromatic rings. The van der Waals surface area contributed by atoms with Gasteiger partial charge in [0.2, 0.25) is 5.78 Å². The van der Waals surface area contributed by atoms with Crippen LogP contribution in [0.25, 0.3) is 0 Å². The van der Waals surface area contributed by atoms with Gasteiger partial charge in [0.25, 0.3) is 0 Å². The quantitative estimate of drug-likeness (QED) is 0.757. The minimum Gasteiger partial charge on any atom is -0.493 e. The van der Waals surface area contributed by atoms with Gasteiger partial charge in [0.1, 0.15) is 0 Å². The van der Waals surface area contributed by atoms with Crippen LogP contribution < -0.4 is 9.47 Å². The first-order chi connectivity index (χ1) is 10.5. The maximum atomic E-state index is 12.3. The van der Waals surface area contributed by atoms with Crippen LogP contribution in [0.15, 0.2) is 46.9 Å². The van der Waals surface area contributed by atoms with Crippen molar-refractivity contribution < 1.29 is 14.3 Å². The Labute approximate surface area is 137 Å². The first kappa shape index (κ1) is 16.1. The normalized spacial score (nSPS) is 11.4. The Morgan fingerprint density at radius 2 is 1.86 bits per heavy atom. The molecule has 1 unspecified atom stereocenters. The second-order valence-electron chi connectivity index (χ2n) is 4.61. The summed E-state index contributed by atoms with van der Waals surface area (Å²) in [5.74, 6) is 0.730. The summed E-state index contributed by atoms with van der Waals surface area (Å²) in [5.41, 5.74) is 1.04. The van der Waals surface area contributed by atoms with Crippen LogP contribution >= 0.6 is 15.9 Å². The Kier molecular flexibility index (Phi) is 5.18. The molecule has 0 aliphatic rings. The van der Waals surface area contributed by atoms with E-state index >= 15 is 0 Å². The Balaban J connectivity index is 2.18.